The van der Waals surface area contributed by atoms with E-state index in [4.69, 9.17) is 0 Å². The normalized spacial score (nSPS) is 31.4. The molecule has 2 N–H and O–H groups in total. The summed E-state index contributed by atoms with van der Waals surface area (Å²) in [5, 5.41) is 12.1. The molecule has 73 valence electrons. The van der Waals surface area contributed by atoms with Gasteiger partial charge in [0.15, 0.2) is 0 Å². The van der Waals surface area contributed by atoms with Crippen LogP contribution in [0.4, 0.5) is 0 Å². The van der Waals surface area contributed by atoms with Gasteiger partial charge in [0.2, 0.25) is 5.91 Å². The zero-order valence-corrected chi connectivity index (χ0v) is 10.7. The number of carbonyl (C=O) groups is 2. The molecule has 14 heavy (non-hydrogen) atoms. The van der Waals surface area contributed by atoms with Crippen molar-refractivity contribution in [2.75, 3.05) is 0 Å². The predicted octanol–water partition coefficient (Wildman–Crippen LogP) is -0.754. The first-order valence-corrected chi connectivity index (χ1v) is 4.19. The van der Waals surface area contributed by atoms with Crippen LogP contribution in [0.2, 0.25) is 0 Å². The molecule has 0 aromatic heterocycles. The average Bonchev–Trinajstić information content (AvgIpc) is 2.28. The van der Waals surface area contributed by atoms with E-state index in [0.717, 1.165) is 0 Å². The second kappa shape index (κ2) is 5.66. The van der Waals surface area contributed by atoms with E-state index in [9.17, 15) is 14.7 Å². The predicted molar refractivity (Wildman–Crippen MR) is 52.7 cm³/mol. The number of rotatable bonds is 2. The minimum Gasteiger partial charge on any atom is -0.389 e. The quantitative estimate of drug-likeness (QED) is 0.355. The SMILES string of the molecule is CC=CC1NC(=O)C(C(C)=O)C1O.[Na]. The molecule has 0 spiro atoms. The first-order valence-electron chi connectivity index (χ1n) is 4.19. The molecule has 0 aliphatic carbocycles. The van der Waals surface area contributed by atoms with Gasteiger partial charge in [-0.3, -0.25) is 9.59 Å². The van der Waals surface area contributed by atoms with Crippen molar-refractivity contribution in [2.24, 2.45) is 5.92 Å². The van der Waals surface area contributed by atoms with Crippen LogP contribution in [0.5, 0.6) is 0 Å². The van der Waals surface area contributed by atoms with Crippen molar-refractivity contribution in [2.45, 2.75) is 26.0 Å². The Bertz CT molecular complexity index is 265. The summed E-state index contributed by atoms with van der Waals surface area (Å²) in [5.41, 5.74) is 0. The van der Waals surface area contributed by atoms with Crippen LogP contribution in [0.3, 0.4) is 0 Å². The van der Waals surface area contributed by atoms with Crippen LogP contribution >= 0.6 is 0 Å². The van der Waals surface area contributed by atoms with Crippen LogP contribution in [0, 0.1) is 5.92 Å². The summed E-state index contributed by atoms with van der Waals surface area (Å²) in [6.07, 6.45) is 2.48. The fraction of sp³-hybridized carbons (Fsp3) is 0.556. The van der Waals surface area contributed by atoms with E-state index in [0.29, 0.717) is 0 Å². The van der Waals surface area contributed by atoms with Crippen LogP contribution in [0.1, 0.15) is 13.8 Å². The van der Waals surface area contributed by atoms with Crippen LogP contribution < -0.4 is 5.32 Å². The van der Waals surface area contributed by atoms with Gasteiger partial charge in [0.1, 0.15) is 11.7 Å². The van der Waals surface area contributed by atoms with Gasteiger partial charge in [0.05, 0.1) is 12.1 Å². The molecular formula is C9H13NNaO3. The zero-order valence-electron chi connectivity index (χ0n) is 8.65. The van der Waals surface area contributed by atoms with E-state index < -0.39 is 18.1 Å². The first-order chi connectivity index (χ1) is 6.07. The van der Waals surface area contributed by atoms with Crippen molar-refractivity contribution in [3.05, 3.63) is 12.2 Å². The first kappa shape index (κ1) is 13.8. The third-order valence-corrected chi connectivity index (χ3v) is 2.14. The Hall–Kier alpha value is -0.160. The van der Waals surface area contributed by atoms with Gasteiger partial charge in [0, 0.05) is 29.6 Å². The number of hydrogen-bond donors (Lipinski definition) is 2. The summed E-state index contributed by atoms with van der Waals surface area (Å²) in [4.78, 5) is 22.2. The van der Waals surface area contributed by atoms with Gasteiger partial charge in [-0.05, 0) is 13.8 Å². The minimum absolute atomic E-state index is 0. The summed E-state index contributed by atoms with van der Waals surface area (Å²) >= 11 is 0. The molecule has 1 saturated heterocycles. The second-order valence-corrected chi connectivity index (χ2v) is 3.14. The van der Waals surface area contributed by atoms with Crippen LogP contribution in [-0.4, -0.2) is 58.5 Å². The molecule has 0 aromatic rings. The van der Waals surface area contributed by atoms with E-state index in [1.165, 1.54) is 6.92 Å². The summed E-state index contributed by atoms with van der Waals surface area (Å²) in [6, 6.07) is -0.425. The number of hydrogen-bond acceptors (Lipinski definition) is 3. The Kier molecular flexibility index (Phi) is 5.59. The van der Waals surface area contributed by atoms with Gasteiger partial charge in [-0.2, -0.15) is 0 Å². The van der Waals surface area contributed by atoms with Crippen molar-refractivity contribution in [3.63, 3.8) is 0 Å². The molecule has 3 unspecified atom stereocenters. The monoisotopic (exact) mass is 206 g/mol. The smallest absolute Gasteiger partial charge is 0.233 e. The molecule has 1 aliphatic heterocycles. The number of ketones is 1. The summed E-state index contributed by atoms with van der Waals surface area (Å²) < 4.78 is 0. The van der Waals surface area contributed by atoms with Crippen molar-refractivity contribution >= 4 is 41.2 Å². The van der Waals surface area contributed by atoms with Crippen molar-refractivity contribution in [1.82, 2.24) is 5.32 Å². The molecule has 1 radical (unpaired) electrons. The maximum atomic E-state index is 11.2. The number of allylic oxidation sites excluding steroid dienone is 1. The van der Waals surface area contributed by atoms with Crippen LogP contribution in [-0.2, 0) is 9.59 Å². The molecule has 1 aliphatic rings. The Morgan fingerprint density at radius 1 is 1.57 bits per heavy atom. The Labute approximate surface area is 105 Å². The second-order valence-electron chi connectivity index (χ2n) is 3.14. The third kappa shape index (κ3) is 2.67. The van der Waals surface area contributed by atoms with Gasteiger partial charge in [-0.15, -0.1) is 0 Å². The number of aliphatic hydroxyl groups is 1. The molecule has 1 heterocycles. The Morgan fingerprint density at radius 2 is 2.14 bits per heavy atom. The number of carbonyl (C=O) groups excluding carboxylic acids is 2. The van der Waals surface area contributed by atoms with Gasteiger partial charge < -0.3 is 10.4 Å². The largest absolute Gasteiger partial charge is 0.389 e. The molecule has 0 bridgehead atoms. The number of amides is 1. The molecule has 1 amide bonds. The Balaban J connectivity index is 0.00000169. The minimum atomic E-state index is -0.929. The maximum absolute atomic E-state index is 11.2. The topological polar surface area (TPSA) is 66.4 Å². The molecule has 4 nitrogen and oxygen atoms in total. The van der Waals surface area contributed by atoms with Gasteiger partial charge >= 0.3 is 0 Å². The van der Waals surface area contributed by atoms with Gasteiger partial charge in [-0.1, -0.05) is 12.2 Å². The van der Waals surface area contributed by atoms with Crippen LogP contribution in [0.15, 0.2) is 12.2 Å². The fourth-order valence-corrected chi connectivity index (χ4v) is 1.50. The van der Waals surface area contributed by atoms with E-state index in [-0.39, 0.29) is 41.2 Å². The van der Waals surface area contributed by atoms with Crippen molar-refractivity contribution < 1.29 is 14.7 Å². The summed E-state index contributed by atoms with van der Waals surface area (Å²) in [7, 11) is 0. The van der Waals surface area contributed by atoms with Gasteiger partial charge in [0.25, 0.3) is 0 Å². The van der Waals surface area contributed by atoms with Gasteiger partial charge in [-0.25, -0.2) is 0 Å². The molecular weight excluding hydrogens is 193 g/mol. The maximum Gasteiger partial charge on any atom is 0.233 e. The number of aliphatic hydroxyl groups excluding tert-OH is 1. The number of Topliss-reactive ketones (excluding diaryl/α,β-unsaturated/α-hetero) is 1. The van der Waals surface area contributed by atoms with E-state index in [2.05, 4.69) is 5.32 Å². The van der Waals surface area contributed by atoms with E-state index in [1.807, 2.05) is 0 Å². The van der Waals surface area contributed by atoms with E-state index in [1.54, 1.807) is 19.1 Å². The van der Waals surface area contributed by atoms with E-state index >= 15 is 0 Å². The molecule has 3 atom stereocenters. The standard InChI is InChI=1S/C9H13NO3.Na/c1-3-4-6-8(12)7(5(2)11)9(13)10-6;/h3-4,6-8,12H,1-2H3,(H,10,13);. The molecule has 0 saturated carbocycles. The van der Waals surface area contributed by atoms with Crippen molar-refractivity contribution in [1.29, 1.82) is 0 Å². The zero-order chi connectivity index (χ0) is 10.0. The number of nitrogens with one attached hydrogen (secondary N) is 1. The van der Waals surface area contributed by atoms with Crippen LogP contribution in [0.25, 0.3) is 0 Å². The summed E-state index contributed by atoms with van der Waals surface area (Å²) in [6.45, 7) is 3.10. The molecule has 1 rings (SSSR count). The molecule has 1 fully saturated rings. The third-order valence-electron chi connectivity index (χ3n) is 2.14. The summed E-state index contributed by atoms with van der Waals surface area (Å²) in [5.74, 6) is -1.58. The van der Waals surface area contributed by atoms with Crippen molar-refractivity contribution in [3.8, 4) is 0 Å². The average molecular weight is 206 g/mol. The Morgan fingerprint density at radius 3 is 2.50 bits per heavy atom. The molecule has 5 heteroatoms. The fourth-order valence-electron chi connectivity index (χ4n) is 1.50. The molecule has 0 aromatic carbocycles.